The Balaban J connectivity index is 1.44. The van der Waals surface area contributed by atoms with Crippen molar-refractivity contribution in [2.75, 3.05) is 11.9 Å². The lowest BCUT2D eigenvalue weighted by Gasteiger charge is -2.18. The van der Waals surface area contributed by atoms with Crippen molar-refractivity contribution in [1.82, 2.24) is 5.32 Å². The summed E-state index contributed by atoms with van der Waals surface area (Å²) in [4.78, 5) is 25.3. The molecular weight excluding hydrogens is 360 g/mol. The molecule has 4 rings (SSSR count). The minimum atomic E-state index is -0.116. The van der Waals surface area contributed by atoms with Gasteiger partial charge in [-0.25, -0.2) is 0 Å². The predicted molar refractivity (Wildman–Crippen MR) is 107 cm³/mol. The van der Waals surface area contributed by atoms with E-state index in [4.69, 9.17) is 11.6 Å². The minimum Gasteiger partial charge on any atom is -0.376 e. The van der Waals surface area contributed by atoms with Gasteiger partial charge in [0.25, 0.3) is 0 Å². The summed E-state index contributed by atoms with van der Waals surface area (Å²) >= 11 is 6.10. The van der Waals surface area contributed by atoms with Crippen molar-refractivity contribution in [3.05, 3.63) is 64.7 Å². The Morgan fingerprint density at radius 1 is 1.00 bits per heavy atom. The summed E-state index contributed by atoms with van der Waals surface area (Å²) < 4.78 is 0. The van der Waals surface area contributed by atoms with E-state index in [1.54, 1.807) is 30.3 Å². The van der Waals surface area contributed by atoms with Crippen molar-refractivity contribution in [3.8, 4) is 0 Å². The zero-order valence-electron chi connectivity index (χ0n) is 15.1. The van der Waals surface area contributed by atoms with Crippen LogP contribution >= 0.6 is 11.6 Å². The highest BCUT2D eigenvalue weighted by atomic mass is 35.5. The number of halogens is 1. The fraction of sp³-hybridized carbons (Fsp3) is 0.364. The molecule has 140 valence electrons. The SMILES string of the molecule is O=C(CNc1ccc(Cl)cc1C(=O)c1ccccc1)NC(C1CC1)C1CC1. The van der Waals surface area contributed by atoms with Gasteiger partial charge in [0, 0.05) is 27.9 Å². The molecule has 0 aromatic heterocycles. The van der Waals surface area contributed by atoms with Crippen LogP contribution in [0.5, 0.6) is 0 Å². The highest BCUT2D eigenvalue weighted by Crippen LogP contribution is 2.44. The summed E-state index contributed by atoms with van der Waals surface area (Å²) in [6.07, 6.45) is 4.90. The Morgan fingerprint density at radius 3 is 2.30 bits per heavy atom. The summed E-state index contributed by atoms with van der Waals surface area (Å²) in [6, 6.07) is 14.5. The van der Waals surface area contributed by atoms with E-state index < -0.39 is 0 Å². The number of hydrogen-bond acceptors (Lipinski definition) is 3. The molecule has 0 spiro atoms. The van der Waals surface area contributed by atoms with Crippen LogP contribution in [0.2, 0.25) is 5.02 Å². The molecule has 0 unspecified atom stereocenters. The van der Waals surface area contributed by atoms with E-state index in [1.807, 2.05) is 18.2 Å². The maximum absolute atomic E-state index is 12.8. The lowest BCUT2D eigenvalue weighted by atomic mass is 10.0. The van der Waals surface area contributed by atoms with E-state index in [0.29, 0.717) is 39.7 Å². The van der Waals surface area contributed by atoms with E-state index in [2.05, 4.69) is 10.6 Å². The van der Waals surface area contributed by atoms with Gasteiger partial charge in [-0.2, -0.15) is 0 Å². The van der Waals surface area contributed by atoms with E-state index in [-0.39, 0.29) is 18.2 Å². The number of hydrogen-bond donors (Lipinski definition) is 2. The van der Waals surface area contributed by atoms with Crippen molar-refractivity contribution in [2.24, 2.45) is 11.8 Å². The van der Waals surface area contributed by atoms with Crippen LogP contribution < -0.4 is 10.6 Å². The zero-order valence-corrected chi connectivity index (χ0v) is 15.8. The lowest BCUT2D eigenvalue weighted by molar-refractivity contribution is -0.120. The second-order valence-corrected chi connectivity index (χ2v) is 7.94. The van der Waals surface area contributed by atoms with Crippen molar-refractivity contribution in [3.63, 3.8) is 0 Å². The maximum atomic E-state index is 12.8. The van der Waals surface area contributed by atoms with Gasteiger partial charge in [-0.1, -0.05) is 41.9 Å². The third kappa shape index (κ3) is 4.51. The first-order chi connectivity index (χ1) is 13.1. The molecule has 4 nitrogen and oxygen atoms in total. The van der Waals surface area contributed by atoms with Gasteiger partial charge in [-0.05, 0) is 55.7 Å². The summed E-state index contributed by atoms with van der Waals surface area (Å²) in [6.45, 7) is 0.145. The van der Waals surface area contributed by atoms with Crippen LogP contribution in [0.15, 0.2) is 48.5 Å². The van der Waals surface area contributed by atoms with Crippen LogP contribution in [0.3, 0.4) is 0 Å². The summed E-state index contributed by atoms with van der Waals surface area (Å²) in [7, 11) is 0. The molecule has 0 aliphatic heterocycles. The van der Waals surface area contributed by atoms with Crippen molar-refractivity contribution in [1.29, 1.82) is 0 Å². The fourth-order valence-electron chi connectivity index (χ4n) is 3.55. The average Bonchev–Trinajstić information content (AvgIpc) is 3.58. The number of nitrogens with one attached hydrogen (secondary N) is 2. The first kappa shape index (κ1) is 18.1. The average molecular weight is 383 g/mol. The van der Waals surface area contributed by atoms with Crippen molar-refractivity contribution in [2.45, 2.75) is 31.7 Å². The van der Waals surface area contributed by atoms with Gasteiger partial charge in [-0.3, -0.25) is 9.59 Å². The van der Waals surface area contributed by atoms with Gasteiger partial charge in [0.15, 0.2) is 5.78 Å². The number of ketones is 1. The Labute approximate surface area is 164 Å². The predicted octanol–water partition coefficient (Wildman–Crippen LogP) is 4.29. The van der Waals surface area contributed by atoms with Crippen LogP contribution in [0.4, 0.5) is 5.69 Å². The monoisotopic (exact) mass is 382 g/mol. The number of amides is 1. The Bertz CT molecular complexity index is 833. The Hall–Kier alpha value is -2.33. The second kappa shape index (κ2) is 7.73. The fourth-order valence-corrected chi connectivity index (χ4v) is 3.72. The van der Waals surface area contributed by atoms with Gasteiger partial charge in [-0.15, -0.1) is 0 Å². The highest BCUT2D eigenvalue weighted by Gasteiger charge is 2.42. The molecule has 0 saturated heterocycles. The molecule has 0 bridgehead atoms. The van der Waals surface area contributed by atoms with E-state index in [0.717, 1.165) is 0 Å². The van der Waals surface area contributed by atoms with Crippen LogP contribution in [-0.2, 0) is 4.79 Å². The van der Waals surface area contributed by atoms with Crippen molar-refractivity contribution < 1.29 is 9.59 Å². The van der Waals surface area contributed by atoms with Gasteiger partial charge in [0.2, 0.25) is 5.91 Å². The molecule has 2 saturated carbocycles. The van der Waals surface area contributed by atoms with E-state index in [9.17, 15) is 9.59 Å². The first-order valence-corrected chi connectivity index (χ1v) is 9.92. The molecule has 27 heavy (non-hydrogen) atoms. The summed E-state index contributed by atoms with van der Waals surface area (Å²) in [5, 5.41) is 6.81. The Kier molecular flexibility index (Phi) is 5.17. The minimum absolute atomic E-state index is 0.0214. The number of carbonyl (C=O) groups excluding carboxylic acids is 2. The second-order valence-electron chi connectivity index (χ2n) is 7.51. The molecule has 5 heteroatoms. The molecule has 1 amide bonds. The van der Waals surface area contributed by atoms with Crippen molar-refractivity contribution >= 4 is 29.0 Å². The van der Waals surface area contributed by atoms with Crippen LogP contribution in [0, 0.1) is 11.8 Å². The van der Waals surface area contributed by atoms with Crippen LogP contribution in [-0.4, -0.2) is 24.3 Å². The molecule has 0 heterocycles. The van der Waals surface area contributed by atoms with E-state index >= 15 is 0 Å². The largest absolute Gasteiger partial charge is 0.376 e. The van der Waals surface area contributed by atoms with Gasteiger partial charge in [0.1, 0.15) is 0 Å². The molecule has 2 N–H and O–H groups in total. The third-order valence-electron chi connectivity index (χ3n) is 5.29. The standard InChI is InChI=1S/C22H23ClN2O2/c23-17-10-11-19(18(12-17)22(27)16-4-2-1-3-5-16)24-13-20(26)25-21(14-6-7-14)15-8-9-15/h1-5,10-12,14-15,21,24H,6-9,13H2,(H,25,26). The smallest absolute Gasteiger partial charge is 0.239 e. The number of benzene rings is 2. The molecule has 2 aliphatic carbocycles. The molecule has 0 radical (unpaired) electrons. The highest BCUT2D eigenvalue weighted by molar-refractivity contribution is 6.31. The Morgan fingerprint density at radius 2 is 1.67 bits per heavy atom. The van der Waals surface area contributed by atoms with Crippen LogP contribution in [0.25, 0.3) is 0 Å². The first-order valence-electron chi connectivity index (χ1n) is 9.54. The molecule has 2 aliphatic rings. The molecule has 2 aromatic carbocycles. The summed E-state index contributed by atoms with van der Waals surface area (Å²) in [5.41, 5.74) is 1.69. The number of anilines is 1. The quantitative estimate of drug-likeness (QED) is 0.669. The maximum Gasteiger partial charge on any atom is 0.239 e. The molecule has 0 atom stereocenters. The van der Waals surface area contributed by atoms with Gasteiger partial charge in [0.05, 0.1) is 6.54 Å². The molecular formula is C22H23ClN2O2. The van der Waals surface area contributed by atoms with E-state index in [1.165, 1.54) is 25.7 Å². The molecule has 2 fully saturated rings. The number of rotatable bonds is 8. The topological polar surface area (TPSA) is 58.2 Å². The zero-order chi connectivity index (χ0) is 18.8. The number of carbonyl (C=O) groups is 2. The van der Waals surface area contributed by atoms with Gasteiger partial charge >= 0.3 is 0 Å². The lowest BCUT2D eigenvalue weighted by Crippen LogP contribution is -2.41. The van der Waals surface area contributed by atoms with Gasteiger partial charge < -0.3 is 10.6 Å². The third-order valence-corrected chi connectivity index (χ3v) is 5.52. The van der Waals surface area contributed by atoms with Crippen LogP contribution in [0.1, 0.15) is 41.6 Å². The molecule has 2 aromatic rings. The summed E-state index contributed by atoms with van der Waals surface area (Å²) in [5.74, 6) is 1.18. The normalized spacial score (nSPS) is 16.2.